The first kappa shape index (κ1) is 19.7. The number of carbonyl (C=O) groups is 2. The average Bonchev–Trinajstić information content (AvgIpc) is 2.89. The Labute approximate surface area is 175 Å². The molecular weight excluding hydrogens is 378 g/mol. The van der Waals surface area contributed by atoms with Gasteiger partial charge in [0.2, 0.25) is 5.91 Å². The minimum absolute atomic E-state index is 0.106. The molecule has 1 heterocycles. The van der Waals surface area contributed by atoms with Gasteiger partial charge in [0.15, 0.2) is 0 Å². The molecule has 3 aromatic carbocycles. The van der Waals surface area contributed by atoms with Crippen molar-refractivity contribution in [1.82, 2.24) is 4.90 Å². The third-order valence-corrected chi connectivity index (χ3v) is 5.62. The topological polar surface area (TPSA) is 66.8 Å². The normalized spacial score (nSPS) is 18.4. The highest BCUT2D eigenvalue weighted by molar-refractivity contribution is 5.86. The Hall–Kier alpha value is -3.60. The molecule has 2 unspecified atom stereocenters. The number of carboxylic acids is 1. The lowest BCUT2D eigenvalue weighted by Gasteiger charge is -2.35. The molecule has 0 aromatic heterocycles. The number of amides is 1. The highest BCUT2D eigenvalue weighted by Crippen LogP contribution is 2.44. The van der Waals surface area contributed by atoms with Crippen molar-refractivity contribution in [1.29, 1.82) is 0 Å². The fourth-order valence-electron chi connectivity index (χ4n) is 4.26. The molecule has 1 N–H and O–H groups in total. The summed E-state index contributed by atoms with van der Waals surface area (Å²) in [6.07, 6.45) is 0.165. The second-order valence-electron chi connectivity index (χ2n) is 7.39. The SMILES string of the molecule is COc1ccccc1C1C(C(=O)O)c2ccccc2CC(=O)N1Cc1ccccc1. The van der Waals surface area contributed by atoms with Gasteiger partial charge in [0.25, 0.3) is 0 Å². The molecule has 152 valence electrons. The minimum atomic E-state index is -0.967. The number of benzene rings is 3. The first-order valence-electron chi connectivity index (χ1n) is 9.87. The average molecular weight is 401 g/mol. The van der Waals surface area contributed by atoms with Crippen molar-refractivity contribution < 1.29 is 19.4 Å². The zero-order valence-electron chi connectivity index (χ0n) is 16.7. The van der Waals surface area contributed by atoms with E-state index < -0.39 is 17.9 Å². The molecule has 1 aliphatic heterocycles. The Kier molecular flexibility index (Phi) is 5.53. The van der Waals surface area contributed by atoms with E-state index >= 15 is 0 Å². The standard InChI is InChI=1S/C25H23NO4/c1-30-21-14-8-7-13-20(21)24-23(25(28)29)19-12-6-5-11-18(19)15-22(27)26(24)16-17-9-3-2-4-10-17/h2-14,23-24H,15-16H2,1H3,(H,28,29). The Morgan fingerprint density at radius 2 is 1.60 bits per heavy atom. The summed E-state index contributed by atoms with van der Waals surface area (Å²) in [6.45, 7) is 0.320. The van der Waals surface area contributed by atoms with Gasteiger partial charge in [-0.2, -0.15) is 0 Å². The number of carboxylic acid groups (broad SMARTS) is 1. The zero-order chi connectivity index (χ0) is 21.1. The Morgan fingerprint density at radius 3 is 2.30 bits per heavy atom. The van der Waals surface area contributed by atoms with Crippen molar-refractivity contribution in [2.24, 2.45) is 0 Å². The third kappa shape index (κ3) is 3.66. The van der Waals surface area contributed by atoms with Crippen LogP contribution in [-0.2, 0) is 22.6 Å². The van der Waals surface area contributed by atoms with E-state index in [1.807, 2.05) is 72.8 Å². The molecule has 0 aliphatic carbocycles. The molecule has 1 amide bonds. The van der Waals surface area contributed by atoms with Crippen LogP contribution in [0.25, 0.3) is 0 Å². The summed E-state index contributed by atoms with van der Waals surface area (Å²) < 4.78 is 5.56. The fourth-order valence-corrected chi connectivity index (χ4v) is 4.26. The number of ether oxygens (including phenoxy) is 1. The van der Waals surface area contributed by atoms with Crippen LogP contribution in [0.4, 0.5) is 0 Å². The van der Waals surface area contributed by atoms with Crippen molar-refractivity contribution in [3.8, 4) is 5.75 Å². The monoisotopic (exact) mass is 401 g/mol. The summed E-state index contributed by atoms with van der Waals surface area (Å²) >= 11 is 0. The Balaban J connectivity index is 1.93. The van der Waals surface area contributed by atoms with E-state index in [4.69, 9.17) is 4.74 Å². The largest absolute Gasteiger partial charge is 0.496 e. The summed E-state index contributed by atoms with van der Waals surface area (Å²) in [4.78, 5) is 27.7. The molecule has 0 spiro atoms. The molecule has 0 radical (unpaired) electrons. The van der Waals surface area contributed by atoms with E-state index in [-0.39, 0.29) is 12.3 Å². The van der Waals surface area contributed by atoms with Gasteiger partial charge in [0, 0.05) is 12.1 Å². The van der Waals surface area contributed by atoms with Gasteiger partial charge in [-0.3, -0.25) is 9.59 Å². The van der Waals surface area contributed by atoms with Crippen molar-refractivity contribution in [3.63, 3.8) is 0 Å². The van der Waals surface area contributed by atoms with Gasteiger partial charge in [-0.25, -0.2) is 0 Å². The molecule has 0 fully saturated rings. The number of nitrogens with zero attached hydrogens (tertiary/aromatic N) is 1. The summed E-state index contributed by atoms with van der Waals surface area (Å²) in [7, 11) is 1.56. The van der Waals surface area contributed by atoms with Gasteiger partial charge >= 0.3 is 5.97 Å². The van der Waals surface area contributed by atoms with Gasteiger partial charge in [-0.05, 0) is 22.8 Å². The second-order valence-corrected chi connectivity index (χ2v) is 7.39. The van der Waals surface area contributed by atoms with E-state index in [0.29, 0.717) is 23.4 Å². The van der Waals surface area contributed by atoms with E-state index in [2.05, 4.69) is 0 Å². The quantitative estimate of drug-likeness (QED) is 0.696. The summed E-state index contributed by atoms with van der Waals surface area (Å²) in [5, 5.41) is 10.3. The Morgan fingerprint density at radius 1 is 0.967 bits per heavy atom. The highest BCUT2D eigenvalue weighted by Gasteiger charge is 2.42. The molecule has 0 saturated heterocycles. The van der Waals surface area contributed by atoms with Gasteiger partial charge in [0.1, 0.15) is 11.7 Å². The molecule has 5 heteroatoms. The van der Waals surface area contributed by atoms with E-state index in [0.717, 1.165) is 11.1 Å². The predicted octanol–water partition coefficient (Wildman–Crippen LogP) is 4.19. The van der Waals surface area contributed by atoms with Crippen LogP contribution in [0.3, 0.4) is 0 Å². The Bertz CT molecular complexity index is 1060. The third-order valence-electron chi connectivity index (χ3n) is 5.62. The molecule has 0 saturated carbocycles. The molecular formula is C25H23NO4. The molecule has 2 atom stereocenters. The van der Waals surface area contributed by atoms with Crippen LogP contribution >= 0.6 is 0 Å². The van der Waals surface area contributed by atoms with Crippen molar-refractivity contribution in [3.05, 3.63) is 101 Å². The van der Waals surface area contributed by atoms with Crippen LogP contribution in [0, 0.1) is 0 Å². The van der Waals surface area contributed by atoms with Gasteiger partial charge in [0.05, 0.1) is 19.6 Å². The lowest BCUT2D eigenvalue weighted by Crippen LogP contribution is -2.38. The number of hydrogen-bond acceptors (Lipinski definition) is 3. The summed E-state index contributed by atoms with van der Waals surface area (Å²) in [6, 6.07) is 23.6. The maximum absolute atomic E-state index is 13.4. The maximum atomic E-state index is 13.4. The van der Waals surface area contributed by atoms with Crippen LogP contribution in [0.15, 0.2) is 78.9 Å². The molecule has 5 nitrogen and oxygen atoms in total. The minimum Gasteiger partial charge on any atom is -0.496 e. The molecule has 30 heavy (non-hydrogen) atoms. The van der Waals surface area contributed by atoms with E-state index in [1.54, 1.807) is 18.1 Å². The van der Waals surface area contributed by atoms with Gasteiger partial charge < -0.3 is 14.7 Å². The lowest BCUT2D eigenvalue weighted by atomic mass is 9.84. The smallest absolute Gasteiger partial charge is 0.313 e. The van der Waals surface area contributed by atoms with Crippen LogP contribution in [0.5, 0.6) is 5.75 Å². The summed E-state index contributed by atoms with van der Waals surface area (Å²) in [5.74, 6) is -1.41. The fraction of sp³-hybridized carbons (Fsp3) is 0.200. The number of hydrogen-bond donors (Lipinski definition) is 1. The summed E-state index contributed by atoms with van der Waals surface area (Å²) in [5.41, 5.74) is 3.06. The molecule has 4 rings (SSSR count). The maximum Gasteiger partial charge on any atom is 0.313 e. The van der Waals surface area contributed by atoms with Gasteiger partial charge in [-0.1, -0.05) is 72.8 Å². The number of methoxy groups -OCH3 is 1. The lowest BCUT2D eigenvalue weighted by molar-refractivity contribution is -0.143. The van der Waals surface area contributed by atoms with Crippen LogP contribution in [0.2, 0.25) is 0 Å². The number of aliphatic carboxylic acids is 1. The first-order chi connectivity index (χ1) is 14.6. The van der Waals surface area contributed by atoms with Crippen molar-refractivity contribution in [2.75, 3.05) is 7.11 Å². The van der Waals surface area contributed by atoms with Crippen molar-refractivity contribution in [2.45, 2.75) is 24.9 Å². The van der Waals surface area contributed by atoms with E-state index in [9.17, 15) is 14.7 Å². The van der Waals surface area contributed by atoms with Crippen LogP contribution in [0.1, 0.15) is 34.2 Å². The second kappa shape index (κ2) is 8.41. The molecule has 1 aliphatic rings. The van der Waals surface area contributed by atoms with Crippen molar-refractivity contribution >= 4 is 11.9 Å². The predicted molar refractivity (Wildman–Crippen MR) is 113 cm³/mol. The zero-order valence-corrected chi connectivity index (χ0v) is 16.7. The van der Waals surface area contributed by atoms with Gasteiger partial charge in [-0.15, -0.1) is 0 Å². The first-order valence-corrected chi connectivity index (χ1v) is 9.87. The molecule has 0 bridgehead atoms. The van der Waals surface area contributed by atoms with Crippen LogP contribution in [-0.4, -0.2) is 29.0 Å². The number of carbonyl (C=O) groups excluding carboxylic acids is 1. The number of fused-ring (bicyclic) bond motifs is 1. The van der Waals surface area contributed by atoms with Crippen LogP contribution < -0.4 is 4.74 Å². The molecule has 3 aromatic rings. The van der Waals surface area contributed by atoms with E-state index in [1.165, 1.54) is 0 Å². The number of rotatable bonds is 5. The number of para-hydroxylation sites is 1. The highest BCUT2D eigenvalue weighted by atomic mass is 16.5.